The summed E-state index contributed by atoms with van der Waals surface area (Å²) in [7, 11) is 0. The van der Waals surface area contributed by atoms with Crippen molar-refractivity contribution in [1.82, 2.24) is 0 Å². The molecule has 0 aromatic heterocycles. The molecule has 16 heteroatoms. The number of ether oxygens (including phenoxy) is 6. The topological polar surface area (TPSA) is 158 Å². The predicted molar refractivity (Wildman–Crippen MR) is 305 cm³/mol. The van der Waals surface area contributed by atoms with E-state index in [1.54, 1.807) is 133 Å². The molecule has 0 saturated carbocycles. The maximum absolute atomic E-state index is 14.7. The first kappa shape index (κ1) is 54.5. The van der Waals surface area contributed by atoms with E-state index in [2.05, 4.69) is 63.7 Å². The van der Waals surface area contributed by atoms with Crippen molar-refractivity contribution in [1.29, 1.82) is 0 Å². The van der Waals surface area contributed by atoms with Crippen LogP contribution in [0.2, 0.25) is 0 Å². The molecule has 0 aliphatic carbocycles. The van der Waals surface area contributed by atoms with Crippen molar-refractivity contribution in [2.45, 2.75) is 12.8 Å². The van der Waals surface area contributed by atoms with Gasteiger partial charge >= 0.3 is 35.8 Å². The summed E-state index contributed by atoms with van der Waals surface area (Å²) in [6.07, 6.45) is -0.574. The number of hydrogen-bond acceptors (Lipinski definition) is 12. The van der Waals surface area contributed by atoms with E-state index in [0.717, 1.165) is 8.95 Å². The summed E-state index contributed by atoms with van der Waals surface area (Å²) in [6, 6.07) is 55.0. The van der Waals surface area contributed by atoms with Crippen LogP contribution in [0, 0.1) is 0 Å². The van der Waals surface area contributed by atoms with Crippen LogP contribution in [0.1, 0.15) is 52.6 Å². The van der Waals surface area contributed by atoms with Crippen LogP contribution in [-0.4, -0.2) is 35.8 Å². The highest BCUT2D eigenvalue weighted by atomic mass is 79.9. The Hall–Kier alpha value is -8.28. The molecule has 0 unspecified atom stereocenters. The lowest BCUT2D eigenvalue weighted by Gasteiger charge is -2.25. The van der Waals surface area contributed by atoms with E-state index in [1.807, 2.05) is 0 Å². The largest absolute Gasteiger partial charge is 0.423 e. The Labute approximate surface area is 480 Å². The van der Waals surface area contributed by atoms with Crippen LogP contribution in [0.3, 0.4) is 0 Å². The second kappa shape index (κ2) is 25.2. The molecule has 9 aromatic carbocycles. The van der Waals surface area contributed by atoms with Gasteiger partial charge in [0, 0.05) is 17.9 Å². The molecular weight excluding hydrogens is 1260 g/mol. The predicted octanol–water partition coefficient (Wildman–Crippen LogP) is 15.2. The first-order valence-corrected chi connectivity index (χ1v) is 26.8. The second-order valence-electron chi connectivity index (χ2n) is 17.0. The van der Waals surface area contributed by atoms with Gasteiger partial charge < -0.3 is 28.4 Å². The minimum Gasteiger partial charge on any atom is -0.423 e. The fraction of sp³-hybridized carbons (Fsp3) is 0.0323. The van der Waals surface area contributed by atoms with Crippen LogP contribution in [0.5, 0.6) is 34.5 Å². The molecule has 0 aliphatic rings. The molecule has 9 aromatic rings. The minimum absolute atomic E-state index is 0.0593. The number of rotatable bonds is 16. The molecule has 9 rings (SSSR count). The Bertz CT molecular complexity index is 3420. The van der Waals surface area contributed by atoms with E-state index in [4.69, 9.17) is 28.4 Å². The van der Waals surface area contributed by atoms with Crippen molar-refractivity contribution < 1.29 is 57.2 Å². The molecule has 0 fully saturated rings. The molecule has 0 spiro atoms. The Balaban J connectivity index is 1.31. The van der Waals surface area contributed by atoms with Crippen LogP contribution < -0.4 is 28.4 Å². The Morgan fingerprint density at radius 1 is 0.282 bits per heavy atom. The average molecular weight is 1290 g/mol. The molecule has 0 saturated heterocycles. The average Bonchev–Trinajstić information content (AvgIpc) is 3.64. The number of halogens is 4. The van der Waals surface area contributed by atoms with Gasteiger partial charge in [-0.2, -0.15) is 0 Å². The van der Waals surface area contributed by atoms with Gasteiger partial charge in [-0.25, -0.2) is 19.2 Å². The summed E-state index contributed by atoms with van der Waals surface area (Å²) >= 11 is 13.6. The highest BCUT2D eigenvalue weighted by Gasteiger charge is 2.36. The number of esters is 6. The quantitative estimate of drug-likeness (QED) is 0.0667. The molecule has 0 heterocycles. The van der Waals surface area contributed by atoms with Crippen molar-refractivity contribution in [2.75, 3.05) is 0 Å². The summed E-state index contributed by atoms with van der Waals surface area (Å²) in [6.45, 7) is 0. The van der Waals surface area contributed by atoms with Crippen molar-refractivity contribution in [3.63, 3.8) is 0 Å². The van der Waals surface area contributed by atoms with Crippen molar-refractivity contribution in [3.8, 4) is 56.8 Å². The first-order chi connectivity index (χ1) is 37.7. The summed E-state index contributed by atoms with van der Waals surface area (Å²) in [5.74, 6) is -6.48. The maximum Gasteiger partial charge on any atom is 0.343 e. The minimum atomic E-state index is -0.943. The fourth-order valence-corrected chi connectivity index (χ4v) is 8.81. The second-order valence-corrected chi connectivity index (χ2v) is 20.6. The van der Waals surface area contributed by atoms with Crippen LogP contribution in [0.15, 0.2) is 224 Å². The summed E-state index contributed by atoms with van der Waals surface area (Å²) in [5.41, 5.74) is 1.68. The number of carbonyl (C=O) groups excluding carboxylic acids is 6. The van der Waals surface area contributed by atoms with Crippen LogP contribution in [0.4, 0.5) is 0 Å². The van der Waals surface area contributed by atoms with E-state index >= 15 is 0 Å². The summed E-state index contributed by atoms with van der Waals surface area (Å²) < 4.78 is 40.1. The van der Waals surface area contributed by atoms with Gasteiger partial charge in [0.1, 0.15) is 11.5 Å². The van der Waals surface area contributed by atoms with Gasteiger partial charge in [-0.15, -0.1) is 0 Å². The zero-order valence-corrected chi connectivity index (χ0v) is 46.8. The monoisotopic (exact) mass is 1290 g/mol. The van der Waals surface area contributed by atoms with E-state index in [0.29, 0.717) is 20.1 Å². The van der Waals surface area contributed by atoms with Gasteiger partial charge in [-0.3, -0.25) is 9.59 Å². The summed E-state index contributed by atoms with van der Waals surface area (Å²) in [5, 5.41) is 0. The van der Waals surface area contributed by atoms with E-state index in [1.165, 1.54) is 72.8 Å². The normalized spacial score (nSPS) is 10.7. The number of benzene rings is 9. The third-order valence-corrected chi connectivity index (χ3v) is 13.7. The van der Waals surface area contributed by atoms with Gasteiger partial charge in [0.2, 0.25) is 0 Å². The lowest BCUT2D eigenvalue weighted by atomic mass is 9.94. The highest BCUT2D eigenvalue weighted by molar-refractivity contribution is 9.11. The van der Waals surface area contributed by atoms with Crippen LogP contribution >= 0.6 is 63.7 Å². The van der Waals surface area contributed by atoms with E-state index in [-0.39, 0.29) is 68.8 Å². The smallest absolute Gasteiger partial charge is 0.343 e. The Kier molecular flexibility index (Phi) is 17.6. The van der Waals surface area contributed by atoms with Gasteiger partial charge in [-0.1, -0.05) is 149 Å². The molecular formula is C62H38Br4O12. The molecule has 12 nitrogen and oxygen atoms in total. The standard InChI is InChI=1S/C62H38Br4O12/c63-45-23-11-41(12-24-45)59(69)73-49-31-19-39(20-32-49)53-55(75-51(67)35-37-7-3-1-4-8-37)56(76-52(68)36-38-9-5-2-6-10-38)54(40-21-33-50(34-22-40)74-60(70)42-13-25-46(64)26-14-42)58(78-62(72)44-17-29-48(66)30-18-44)57(53)77-61(71)43-15-27-47(65)28-16-43/h1-34H,35-36H2. The molecule has 0 amide bonds. The van der Waals surface area contributed by atoms with Gasteiger partial charge in [0.05, 0.1) is 46.2 Å². The lowest BCUT2D eigenvalue weighted by molar-refractivity contribution is -0.136. The number of hydrogen-bond donors (Lipinski definition) is 0. The highest BCUT2D eigenvalue weighted by Crippen LogP contribution is 2.58. The lowest BCUT2D eigenvalue weighted by Crippen LogP contribution is -2.19. The molecule has 0 N–H and O–H groups in total. The zero-order valence-electron chi connectivity index (χ0n) is 40.5. The van der Waals surface area contributed by atoms with Crippen LogP contribution in [-0.2, 0) is 22.4 Å². The third-order valence-electron chi connectivity index (χ3n) is 11.6. The Morgan fingerprint density at radius 3 is 0.821 bits per heavy atom. The van der Waals surface area contributed by atoms with Gasteiger partial charge in [-0.05, 0) is 144 Å². The molecule has 386 valence electrons. The molecule has 0 bridgehead atoms. The molecule has 0 aliphatic heterocycles. The van der Waals surface area contributed by atoms with Crippen molar-refractivity contribution in [2.24, 2.45) is 0 Å². The molecule has 0 radical (unpaired) electrons. The van der Waals surface area contributed by atoms with Gasteiger partial charge in [0.25, 0.3) is 0 Å². The van der Waals surface area contributed by atoms with E-state index in [9.17, 15) is 28.8 Å². The van der Waals surface area contributed by atoms with Gasteiger partial charge in [0.15, 0.2) is 23.0 Å². The Morgan fingerprint density at radius 2 is 0.538 bits per heavy atom. The molecule has 78 heavy (non-hydrogen) atoms. The maximum atomic E-state index is 14.7. The fourth-order valence-electron chi connectivity index (χ4n) is 7.76. The van der Waals surface area contributed by atoms with Crippen molar-refractivity contribution in [3.05, 3.63) is 258 Å². The van der Waals surface area contributed by atoms with E-state index < -0.39 is 58.8 Å². The molecule has 0 atom stereocenters. The first-order valence-electron chi connectivity index (χ1n) is 23.6. The van der Waals surface area contributed by atoms with Crippen molar-refractivity contribution >= 4 is 99.5 Å². The third kappa shape index (κ3) is 13.8. The zero-order chi connectivity index (χ0) is 54.7. The van der Waals surface area contributed by atoms with Crippen LogP contribution in [0.25, 0.3) is 22.3 Å². The SMILES string of the molecule is O=C(Cc1ccccc1)Oc1c(OC(=O)Cc2ccccc2)c(-c2ccc(OC(=O)c3ccc(Br)cc3)cc2)c(OC(=O)c2ccc(Br)cc2)c(OC(=O)c2ccc(Br)cc2)c1-c1ccc(OC(=O)c2ccc(Br)cc2)cc1. The number of carbonyl (C=O) groups is 6. The summed E-state index contributed by atoms with van der Waals surface area (Å²) in [4.78, 5) is 85.1.